The highest BCUT2D eigenvalue weighted by Gasteiger charge is 2.22. The van der Waals surface area contributed by atoms with Gasteiger partial charge in [0, 0.05) is 11.3 Å². The van der Waals surface area contributed by atoms with E-state index >= 15 is 0 Å². The van der Waals surface area contributed by atoms with E-state index < -0.39 is 10.0 Å². The molecule has 0 bridgehead atoms. The third kappa shape index (κ3) is 3.71. The number of carbonyl (C=O) groups excluding carboxylic acids is 1. The Bertz CT molecular complexity index is 840. The van der Waals surface area contributed by atoms with Crippen molar-refractivity contribution in [3.8, 4) is 5.75 Å². The highest BCUT2D eigenvalue weighted by Crippen LogP contribution is 2.30. The third-order valence-corrected chi connectivity index (χ3v) is 4.98. The van der Waals surface area contributed by atoms with Gasteiger partial charge in [0.2, 0.25) is 0 Å². The van der Waals surface area contributed by atoms with Gasteiger partial charge in [0.15, 0.2) is 5.78 Å². The number of methoxy groups -OCH3 is 1. The molecule has 23 heavy (non-hydrogen) atoms. The van der Waals surface area contributed by atoms with Gasteiger partial charge in [0.25, 0.3) is 10.0 Å². The van der Waals surface area contributed by atoms with Crippen LogP contribution in [0.25, 0.3) is 0 Å². The Kier molecular flexibility index (Phi) is 4.75. The Hall–Kier alpha value is -2.34. The molecule has 0 radical (unpaired) electrons. The van der Waals surface area contributed by atoms with Gasteiger partial charge >= 0.3 is 0 Å². The van der Waals surface area contributed by atoms with Gasteiger partial charge in [-0.05, 0) is 62.2 Å². The second kappa shape index (κ2) is 6.42. The van der Waals surface area contributed by atoms with Crippen LogP contribution >= 0.6 is 0 Å². The smallest absolute Gasteiger partial charge is 0.265 e. The van der Waals surface area contributed by atoms with Gasteiger partial charge in [-0.2, -0.15) is 0 Å². The lowest BCUT2D eigenvalue weighted by Crippen LogP contribution is -2.15. The molecule has 0 aliphatic carbocycles. The standard InChI is InChI=1S/C17H19NO4S/c1-11-9-12(2)17(16(10-11)22-4)23(20,21)18-15-7-5-14(6-8-15)13(3)19/h5-10,18H,1-4H3. The third-order valence-electron chi connectivity index (χ3n) is 3.42. The molecular formula is C17H19NO4S. The summed E-state index contributed by atoms with van der Waals surface area (Å²) in [5.41, 5.74) is 2.44. The molecule has 0 aromatic heterocycles. The summed E-state index contributed by atoms with van der Waals surface area (Å²) in [6, 6.07) is 9.75. The molecule has 1 N–H and O–H groups in total. The van der Waals surface area contributed by atoms with E-state index in [-0.39, 0.29) is 10.7 Å². The number of aryl methyl sites for hydroxylation is 2. The van der Waals surface area contributed by atoms with Crippen molar-refractivity contribution in [1.29, 1.82) is 0 Å². The van der Waals surface area contributed by atoms with Crippen molar-refractivity contribution in [3.63, 3.8) is 0 Å². The molecule has 0 aliphatic heterocycles. The highest BCUT2D eigenvalue weighted by molar-refractivity contribution is 7.92. The van der Waals surface area contributed by atoms with E-state index in [9.17, 15) is 13.2 Å². The van der Waals surface area contributed by atoms with Crippen molar-refractivity contribution in [1.82, 2.24) is 0 Å². The predicted molar refractivity (Wildman–Crippen MR) is 89.7 cm³/mol. The molecule has 0 atom stereocenters. The van der Waals surface area contributed by atoms with Gasteiger partial charge in [-0.25, -0.2) is 8.42 Å². The molecule has 2 rings (SSSR count). The van der Waals surface area contributed by atoms with Crippen LogP contribution in [0.4, 0.5) is 5.69 Å². The quantitative estimate of drug-likeness (QED) is 0.852. The number of rotatable bonds is 5. The van der Waals surface area contributed by atoms with Crippen LogP contribution < -0.4 is 9.46 Å². The molecule has 6 heteroatoms. The summed E-state index contributed by atoms with van der Waals surface area (Å²) in [4.78, 5) is 11.4. The van der Waals surface area contributed by atoms with Crippen LogP contribution in [0, 0.1) is 13.8 Å². The number of benzene rings is 2. The van der Waals surface area contributed by atoms with Crippen LogP contribution in [0.3, 0.4) is 0 Å². The Morgan fingerprint density at radius 3 is 2.22 bits per heavy atom. The molecular weight excluding hydrogens is 314 g/mol. The van der Waals surface area contributed by atoms with E-state index in [1.165, 1.54) is 14.0 Å². The minimum Gasteiger partial charge on any atom is -0.495 e. The van der Waals surface area contributed by atoms with E-state index in [1.54, 1.807) is 43.3 Å². The Morgan fingerprint density at radius 1 is 1.09 bits per heavy atom. The number of ether oxygens (including phenoxy) is 1. The Morgan fingerprint density at radius 2 is 1.70 bits per heavy atom. The van der Waals surface area contributed by atoms with Crippen LogP contribution in [0.1, 0.15) is 28.4 Å². The van der Waals surface area contributed by atoms with E-state index in [2.05, 4.69) is 4.72 Å². The molecule has 0 amide bonds. The Balaban J connectivity index is 2.41. The topological polar surface area (TPSA) is 72.5 Å². The molecule has 0 saturated carbocycles. The lowest BCUT2D eigenvalue weighted by molar-refractivity contribution is 0.101. The van der Waals surface area contributed by atoms with Crippen LogP contribution in [0.2, 0.25) is 0 Å². The Labute approximate surface area is 136 Å². The minimum atomic E-state index is -3.80. The fourth-order valence-corrected chi connectivity index (χ4v) is 3.83. The number of hydrogen-bond donors (Lipinski definition) is 1. The van der Waals surface area contributed by atoms with Crippen LogP contribution in [-0.2, 0) is 10.0 Å². The number of anilines is 1. The summed E-state index contributed by atoms with van der Waals surface area (Å²) in [6.45, 7) is 5.06. The zero-order valence-corrected chi connectivity index (χ0v) is 14.3. The molecule has 0 saturated heterocycles. The molecule has 0 spiro atoms. The number of nitrogens with one attached hydrogen (secondary N) is 1. The number of carbonyl (C=O) groups is 1. The monoisotopic (exact) mass is 333 g/mol. The average Bonchev–Trinajstić information content (AvgIpc) is 2.45. The van der Waals surface area contributed by atoms with E-state index in [0.29, 0.717) is 22.6 Å². The first-order valence-electron chi connectivity index (χ1n) is 7.03. The van der Waals surface area contributed by atoms with Crippen molar-refractivity contribution < 1.29 is 17.9 Å². The summed E-state index contributed by atoms with van der Waals surface area (Å²) in [7, 11) is -2.36. The molecule has 0 fully saturated rings. The second-order valence-corrected chi connectivity index (χ2v) is 6.97. The maximum absolute atomic E-state index is 12.7. The van der Waals surface area contributed by atoms with Crippen LogP contribution in [0.5, 0.6) is 5.75 Å². The van der Waals surface area contributed by atoms with Gasteiger partial charge in [-0.15, -0.1) is 0 Å². The molecule has 122 valence electrons. The van der Waals surface area contributed by atoms with Crippen molar-refractivity contribution in [3.05, 3.63) is 53.1 Å². The first kappa shape index (κ1) is 17.0. The maximum atomic E-state index is 12.7. The summed E-state index contributed by atoms with van der Waals surface area (Å²) in [6.07, 6.45) is 0. The average molecular weight is 333 g/mol. The molecule has 2 aromatic rings. The van der Waals surface area contributed by atoms with E-state index in [0.717, 1.165) is 5.56 Å². The fraction of sp³-hybridized carbons (Fsp3) is 0.235. The van der Waals surface area contributed by atoms with E-state index in [4.69, 9.17) is 4.74 Å². The SMILES string of the molecule is COc1cc(C)cc(C)c1S(=O)(=O)Nc1ccc(C(C)=O)cc1. The largest absolute Gasteiger partial charge is 0.495 e. The van der Waals surface area contributed by atoms with Crippen molar-refractivity contribution in [2.75, 3.05) is 11.8 Å². The predicted octanol–water partition coefficient (Wildman–Crippen LogP) is 3.32. The first-order chi connectivity index (χ1) is 10.7. The molecule has 0 unspecified atom stereocenters. The van der Waals surface area contributed by atoms with Crippen LogP contribution in [-0.4, -0.2) is 21.3 Å². The van der Waals surface area contributed by atoms with Crippen molar-refractivity contribution >= 4 is 21.5 Å². The van der Waals surface area contributed by atoms with Gasteiger partial charge < -0.3 is 4.74 Å². The number of ketones is 1. The zero-order valence-electron chi connectivity index (χ0n) is 13.5. The van der Waals surface area contributed by atoms with Gasteiger partial charge in [-0.1, -0.05) is 6.07 Å². The molecule has 2 aromatic carbocycles. The van der Waals surface area contributed by atoms with Gasteiger partial charge in [-0.3, -0.25) is 9.52 Å². The maximum Gasteiger partial charge on any atom is 0.265 e. The highest BCUT2D eigenvalue weighted by atomic mass is 32.2. The summed E-state index contributed by atoms with van der Waals surface area (Å²) < 4.78 is 33.1. The second-order valence-electron chi connectivity index (χ2n) is 5.35. The van der Waals surface area contributed by atoms with Gasteiger partial charge in [0.1, 0.15) is 10.6 Å². The van der Waals surface area contributed by atoms with Crippen molar-refractivity contribution in [2.24, 2.45) is 0 Å². The molecule has 0 aliphatic rings. The lowest BCUT2D eigenvalue weighted by atomic mass is 10.1. The number of sulfonamides is 1. The number of Topliss-reactive ketones (excluding diaryl/α,β-unsaturated/α-hetero) is 1. The van der Waals surface area contributed by atoms with Gasteiger partial charge in [0.05, 0.1) is 7.11 Å². The molecule has 5 nitrogen and oxygen atoms in total. The van der Waals surface area contributed by atoms with E-state index in [1.807, 2.05) is 6.92 Å². The fourth-order valence-electron chi connectivity index (χ4n) is 2.39. The molecule has 0 heterocycles. The minimum absolute atomic E-state index is 0.0737. The summed E-state index contributed by atoms with van der Waals surface area (Å²) in [5, 5.41) is 0. The van der Waals surface area contributed by atoms with Crippen LogP contribution in [0.15, 0.2) is 41.3 Å². The van der Waals surface area contributed by atoms with Crippen molar-refractivity contribution in [2.45, 2.75) is 25.7 Å². The zero-order chi connectivity index (χ0) is 17.2. The lowest BCUT2D eigenvalue weighted by Gasteiger charge is -2.15. The summed E-state index contributed by atoms with van der Waals surface area (Å²) in [5.74, 6) is 0.228. The summed E-state index contributed by atoms with van der Waals surface area (Å²) >= 11 is 0. The normalized spacial score (nSPS) is 11.1. The number of hydrogen-bond acceptors (Lipinski definition) is 4. The first-order valence-corrected chi connectivity index (χ1v) is 8.52.